The molecule has 0 spiro atoms. The Morgan fingerprint density at radius 1 is 1.32 bits per heavy atom. The van der Waals surface area contributed by atoms with Gasteiger partial charge in [-0.15, -0.1) is 0 Å². The van der Waals surface area contributed by atoms with Crippen LogP contribution in [0.15, 0.2) is 36.5 Å². The van der Waals surface area contributed by atoms with Gasteiger partial charge in [-0.3, -0.25) is 4.79 Å². The van der Waals surface area contributed by atoms with Crippen LogP contribution >= 0.6 is 23.2 Å². The van der Waals surface area contributed by atoms with Crippen LogP contribution in [0.2, 0.25) is 10.2 Å². The van der Waals surface area contributed by atoms with Crippen LogP contribution < -0.4 is 4.74 Å². The number of Topliss-reactive ketones (excluding diaryl/α,β-unsaturated/α-hetero) is 1. The molecule has 0 aliphatic rings. The molecule has 0 atom stereocenters. The molecule has 0 aliphatic carbocycles. The average Bonchev–Trinajstić information content (AvgIpc) is 2.44. The third-order valence-electron chi connectivity index (χ3n) is 3.14. The zero-order valence-corrected chi connectivity index (χ0v) is 13.6. The van der Waals surface area contributed by atoms with Crippen molar-refractivity contribution in [3.8, 4) is 11.5 Å². The zero-order valence-electron chi connectivity index (χ0n) is 12.1. The number of ether oxygens (including phenoxy) is 1. The number of pyridine rings is 1. The predicted octanol–water partition coefficient (Wildman–Crippen LogP) is 4.06. The highest BCUT2D eigenvalue weighted by atomic mass is 35.5. The van der Waals surface area contributed by atoms with Gasteiger partial charge in [-0.1, -0.05) is 29.3 Å². The maximum absolute atomic E-state index is 12.4. The number of hydrogen-bond acceptors (Lipinski definition) is 4. The Bertz CT molecular complexity index is 702. The van der Waals surface area contributed by atoms with Gasteiger partial charge in [-0.05, 0) is 37.6 Å². The fourth-order valence-corrected chi connectivity index (χ4v) is 2.20. The van der Waals surface area contributed by atoms with E-state index in [-0.39, 0.29) is 23.7 Å². The van der Waals surface area contributed by atoms with Crippen LogP contribution in [-0.4, -0.2) is 21.5 Å². The molecule has 2 rings (SSSR count). The van der Waals surface area contributed by atoms with Gasteiger partial charge >= 0.3 is 0 Å². The van der Waals surface area contributed by atoms with Crippen molar-refractivity contribution in [2.75, 3.05) is 0 Å². The van der Waals surface area contributed by atoms with Crippen molar-refractivity contribution in [3.63, 3.8) is 0 Å². The van der Waals surface area contributed by atoms with E-state index >= 15 is 0 Å². The first kappa shape index (κ1) is 16.6. The Morgan fingerprint density at radius 3 is 2.68 bits per heavy atom. The highest BCUT2D eigenvalue weighted by molar-refractivity contribution is 6.30. The van der Waals surface area contributed by atoms with Crippen LogP contribution in [0.3, 0.4) is 0 Å². The van der Waals surface area contributed by atoms with E-state index in [1.54, 1.807) is 38.2 Å². The maximum Gasteiger partial charge on any atom is 0.180 e. The second-order valence-electron chi connectivity index (χ2n) is 5.28. The van der Waals surface area contributed by atoms with E-state index in [1.807, 2.05) is 0 Å². The fraction of sp³-hybridized carbons (Fsp3) is 0.250. The molecule has 0 bridgehead atoms. The Kier molecular flexibility index (Phi) is 4.94. The molecule has 1 aromatic heterocycles. The molecule has 22 heavy (non-hydrogen) atoms. The SMILES string of the molecule is CC(C)(Oc1ccc(Cl)cc1O)C(=O)Cc1cccnc1Cl. The van der Waals surface area contributed by atoms with Gasteiger partial charge in [0.25, 0.3) is 0 Å². The summed E-state index contributed by atoms with van der Waals surface area (Å²) in [4.78, 5) is 16.4. The molecule has 0 unspecified atom stereocenters. The molecule has 116 valence electrons. The van der Waals surface area contributed by atoms with Crippen LogP contribution in [0.5, 0.6) is 11.5 Å². The minimum absolute atomic E-state index is 0.0913. The minimum atomic E-state index is -1.13. The summed E-state index contributed by atoms with van der Waals surface area (Å²) in [6.07, 6.45) is 1.65. The lowest BCUT2D eigenvalue weighted by molar-refractivity contribution is -0.131. The number of rotatable bonds is 5. The number of halogens is 2. The summed E-state index contributed by atoms with van der Waals surface area (Å²) >= 11 is 11.7. The monoisotopic (exact) mass is 339 g/mol. The van der Waals surface area contributed by atoms with Gasteiger partial charge in [0.1, 0.15) is 5.15 Å². The van der Waals surface area contributed by atoms with Crippen molar-refractivity contribution in [1.29, 1.82) is 0 Å². The normalized spacial score (nSPS) is 11.3. The van der Waals surface area contributed by atoms with Crippen LogP contribution in [-0.2, 0) is 11.2 Å². The van der Waals surface area contributed by atoms with E-state index in [9.17, 15) is 9.90 Å². The van der Waals surface area contributed by atoms with Gasteiger partial charge in [0, 0.05) is 23.7 Å². The van der Waals surface area contributed by atoms with Crippen molar-refractivity contribution in [2.45, 2.75) is 25.9 Å². The second-order valence-corrected chi connectivity index (χ2v) is 6.07. The summed E-state index contributed by atoms with van der Waals surface area (Å²) in [5, 5.41) is 10.5. The first-order chi connectivity index (χ1) is 10.3. The number of carbonyl (C=O) groups is 1. The molecule has 0 saturated carbocycles. The molecule has 0 amide bonds. The number of phenols is 1. The number of nitrogens with zero attached hydrogens (tertiary/aromatic N) is 1. The summed E-state index contributed by atoms with van der Waals surface area (Å²) in [7, 11) is 0. The molecule has 4 nitrogen and oxygen atoms in total. The molecule has 1 aromatic carbocycles. The van der Waals surface area contributed by atoms with E-state index in [0.29, 0.717) is 15.7 Å². The van der Waals surface area contributed by atoms with Crippen LogP contribution in [0.25, 0.3) is 0 Å². The number of aromatic nitrogens is 1. The maximum atomic E-state index is 12.4. The molecule has 1 N–H and O–H groups in total. The number of ketones is 1. The van der Waals surface area contributed by atoms with Crippen molar-refractivity contribution in [3.05, 3.63) is 52.3 Å². The van der Waals surface area contributed by atoms with E-state index in [0.717, 1.165) is 0 Å². The number of phenolic OH excluding ortho intramolecular Hbond substituents is 1. The summed E-state index contributed by atoms with van der Waals surface area (Å²) in [6.45, 7) is 3.27. The number of hydrogen-bond donors (Lipinski definition) is 1. The Hall–Kier alpha value is -1.78. The van der Waals surface area contributed by atoms with Crippen molar-refractivity contribution < 1.29 is 14.6 Å². The van der Waals surface area contributed by atoms with E-state index in [2.05, 4.69) is 4.98 Å². The summed E-state index contributed by atoms with van der Waals surface area (Å²) in [5.74, 6) is -0.107. The smallest absolute Gasteiger partial charge is 0.180 e. The lowest BCUT2D eigenvalue weighted by Gasteiger charge is -2.25. The second kappa shape index (κ2) is 6.55. The van der Waals surface area contributed by atoms with Gasteiger partial charge in [-0.25, -0.2) is 4.98 Å². The lowest BCUT2D eigenvalue weighted by Crippen LogP contribution is -2.39. The number of aromatic hydroxyl groups is 1. The van der Waals surface area contributed by atoms with Gasteiger partial charge < -0.3 is 9.84 Å². The minimum Gasteiger partial charge on any atom is -0.504 e. The average molecular weight is 340 g/mol. The zero-order chi connectivity index (χ0) is 16.3. The summed E-state index contributed by atoms with van der Waals surface area (Å²) < 4.78 is 5.64. The van der Waals surface area contributed by atoms with Crippen LogP contribution in [0, 0.1) is 0 Å². The Morgan fingerprint density at radius 2 is 2.05 bits per heavy atom. The van der Waals surface area contributed by atoms with E-state index < -0.39 is 5.60 Å². The van der Waals surface area contributed by atoms with Crippen LogP contribution in [0.1, 0.15) is 19.4 Å². The van der Waals surface area contributed by atoms with Gasteiger partial charge in [0.05, 0.1) is 0 Å². The van der Waals surface area contributed by atoms with Crippen LogP contribution in [0.4, 0.5) is 0 Å². The first-order valence-corrected chi connectivity index (χ1v) is 7.35. The molecule has 2 aromatic rings. The van der Waals surface area contributed by atoms with Gasteiger partial charge in [0.15, 0.2) is 22.9 Å². The number of benzene rings is 1. The highest BCUT2D eigenvalue weighted by Gasteiger charge is 2.31. The largest absolute Gasteiger partial charge is 0.504 e. The van der Waals surface area contributed by atoms with Crippen molar-refractivity contribution in [1.82, 2.24) is 4.98 Å². The Labute approximate surface area is 138 Å². The molecule has 1 heterocycles. The topological polar surface area (TPSA) is 59.4 Å². The fourth-order valence-electron chi connectivity index (χ4n) is 1.85. The molecule has 0 radical (unpaired) electrons. The highest BCUT2D eigenvalue weighted by Crippen LogP contribution is 2.32. The van der Waals surface area contributed by atoms with Gasteiger partial charge in [0.2, 0.25) is 0 Å². The summed E-state index contributed by atoms with van der Waals surface area (Å²) in [5.41, 5.74) is -0.504. The molecule has 0 fully saturated rings. The van der Waals surface area contributed by atoms with E-state index in [4.69, 9.17) is 27.9 Å². The molecular formula is C16H15Cl2NO3. The lowest BCUT2D eigenvalue weighted by atomic mass is 9.97. The third kappa shape index (κ3) is 3.90. The summed E-state index contributed by atoms with van der Waals surface area (Å²) in [6, 6.07) is 7.91. The number of carbonyl (C=O) groups excluding carboxylic acids is 1. The predicted molar refractivity (Wildman–Crippen MR) is 85.8 cm³/mol. The molecule has 0 saturated heterocycles. The molecular weight excluding hydrogens is 325 g/mol. The Balaban J connectivity index is 2.15. The van der Waals surface area contributed by atoms with Crippen molar-refractivity contribution in [2.24, 2.45) is 0 Å². The van der Waals surface area contributed by atoms with Crippen molar-refractivity contribution >= 4 is 29.0 Å². The molecule has 6 heteroatoms. The first-order valence-electron chi connectivity index (χ1n) is 6.60. The third-order valence-corrected chi connectivity index (χ3v) is 3.72. The van der Waals surface area contributed by atoms with E-state index in [1.165, 1.54) is 12.1 Å². The quantitative estimate of drug-likeness (QED) is 0.834. The van der Waals surface area contributed by atoms with Gasteiger partial charge in [-0.2, -0.15) is 0 Å². The standard InChI is InChI=1S/C16H15Cl2NO3/c1-16(2,22-13-6-5-11(17)9-12(13)20)14(21)8-10-4-3-7-19-15(10)18/h3-7,9,20H,8H2,1-2H3. The molecule has 0 aliphatic heterocycles.